The monoisotopic (exact) mass is 549 g/mol. The van der Waals surface area contributed by atoms with Crippen molar-refractivity contribution in [1.82, 2.24) is 5.32 Å². The first-order valence-electron chi connectivity index (χ1n) is 10.9. The number of nitrogens with one attached hydrogen (secondary N) is 1. The van der Waals surface area contributed by atoms with Gasteiger partial charge in [-0.1, -0.05) is 66.8 Å². The third-order valence-corrected chi connectivity index (χ3v) is 6.49. The minimum atomic E-state index is -5.05. The van der Waals surface area contributed by atoms with Crippen molar-refractivity contribution < 1.29 is 27.6 Å². The number of Topliss-reactive ketones (excluding diaryl/α,β-unsaturated/α-hetero) is 2. The lowest BCUT2D eigenvalue weighted by Crippen LogP contribution is -2.45. The van der Waals surface area contributed by atoms with Gasteiger partial charge in [0.15, 0.2) is 5.78 Å². The van der Waals surface area contributed by atoms with E-state index in [-0.39, 0.29) is 12.8 Å². The molecule has 0 radical (unpaired) electrons. The highest BCUT2D eigenvalue weighted by molar-refractivity contribution is 6.42. The summed E-state index contributed by atoms with van der Waals surface area (Å²) in [5.41, 5.74) is 1.37. The molecule has 35 heavy (non-hydrogen) atoms. The van der Waals surface area contributed by atoms with E-state index in [1.807, 2.05) is 0 Å². The van der Waals surface area contributed by atoms with Crippen molar-refractivity contribution in [3.05, 3.63) is 68.7 Å². The highest BCUT2D eigenvalue weighted by atomic mass is 35.5. The zero-order valence-corrected chi connectivity index (χ0v) is 21.4. The number of hydrogen-bond donors (Lipinski definition) is 1. The van der Waals surface area contributed by atoms with Gasteiger partial charge in [-0.15, -0.1) is 0 Å². The van der Waals surface area contributed by atoms with Crippen molar-refractivity contribution in [3.63, 3.8) is 0 Å². The van der Waals surface area contributed by atoms with Gasteiger partial charge in [0.25, 0.3) is 0 Å². The quantitative estimate of drug-likeness (QED) is 0.340. The Labute approximate surface area is 217 Å². The van der Waals surface area contributed by atoms with Gasteiger partial charge in [-0.2, -0.15) is 13.2 Å². The first-order chi connectivity index (χ1) is 16.3. The molecule has 0 aliphatic carbocycles. The number of rotatable bonds is 11. The Hall–Kier alpha value is -2.09. The molecule has 0 saturated carbocycles. The Kier molecular flexibility index (Phi) is 10.6. The number of carbonyl (C=O) groups is 3. The normalized spacial score (nSPS) is 13.4. The Morgan fingerprint density at radius 2 is 1.63 bits per heavy atom. The fourth-order valence-corrected chi connectivity index (χ4v) is 4.10. The predicted molar refractivity (Wildman–Crippen MR) is 131 cm³/mol. The zero-order valence-electron chi connectivity index (χ0n) is 19.1. The molecule has 2 aromatic carbocycles. The molecule has 4 nitrogen and oxygen atoms in total. The summed E-state index contributed by atoms with van der Waals surface area (Å²) < 4.78 is 39.2. The molecule has 1 N–H and O–H groups in total. The molecule has 0 bridgehead atoms. The van der Waals surface area contributed by atoms with Crippen LogP contribution in [0.25, 0.3) is 0 Å². The molecule has 0 spiro atoms. The lowest BCUT2D eigenvalue weighted by atomic mass is 9.84. The number of aryl methyl sites for hydroxylation is 1. The lowest BCUT2D eigenvalue weighted by Gasteiger charge is -2.24. The molecule has 1 amide bonds. The summed E-state index contributed by atoms with van der Waals surface area (Å²) in [6, 6.07) is 10.4. The molecule has 0 aliphatic heterocycles. The van der Waals surface area contributed by atoms with Crippen LogP contribution >= 0.6 is 34.8 Å². The average molecular weight is 551 g/mol. The predicted octanol–water partition coefficient (Wildman–Crippen LogP) is 6.67. The maximum absolute atomic E-state index is 13.1. The largest absolute Gasteiger partial charge is 0.450 e. The fraction of sp³-hybridized carbons (Fsp3) is 0.400. The highest BCUT2D eigenvalue weighted by Gasteiger charge is 2.45. The maximum Gasteiger partial charge on any atom is 0.450 e. The van der Waals surface area contributed by atoms with E-state index < -0.39 is 47.9 Å². The standard InChI is InChI=1S/C25H25Cl3F3NO3/c1-14(2)18(24(35)25(29,30)31)13-22(33)21(12-16-4-3-5-17(26)10-16)32-23(34)9-7-15-6-8-19(27)20(28)11-15/h3-6,8,10-11,14,18,21H,7,9,12-13H2,1-2H3,(H,32,34)/t18-,21-/m0/s1. The van der Waals surface area contributed by atoms with Gasteiger partial charge < -0.3 is 5.32 Å². The summed E-state index contributed by atoms with van der Waals surface area (Å²) >= 11 is 17.9. The Balaban J connectivity index is 2.18. The van der Waals surface area contributed by atoms with Crippen LogP contribution in [0, 0.1) is 11.8 Å². The van der Waals surface area contributed by atoms with Gasteiger partial charge in [0, 0.05) is 23.8 Å². The molecule has 0 aliphatic rings. The summed E-state index contributed by atoms with van der Waals surface area (Å²) in [6.07, 6.45) is -5.37. The van der Waals surface area contributed by atoms with Crippen LogP contribution in [0.15, 0.2) is 42.5 Å². The van der Waals surface area contributed by atoms with Crippen LogP contribution in [-0.4, -0.2) is 29.7 Å². The van der Waals surface area contributed by atoms with Crippen LogP contribution in [0.4, 0.5) is 13.2 Å². The third-order valence-electron chi connectivity index (χ3n) is 5.52. The van der Waals surface area contributed by atoms with Gasteiger partial charge in [0.2, 0.25) is 11.7 Å². The Morgan fingerprint density at radius 3 is 2.20 bits per heavy atom. The topological polar surface area (TPSA) is 63.2 Å². The molecule has 2 atom stereocenters. The smallest absolute Gasteiger partial charge is 0.346 e. The summed E-state index contributed by atoms with van der Waals surface area (Å²) in [7, 11) is 0. The van der Waals surface area contributed by atoms with Crippen molar-refractivity contribution in [2.45, 2.75) is 51.7 Å². The second-order valence-corrected chi connectivity index (χ2v) is 9.84. The maximum atomic E-state index is 13.1. The first kappa shape index (κ1) is 29.1. The third kappa shape index (κ3) is 9.13. The minimum Gasteiger partial charge on any atom is -0.346 e. The van der Waals surface area contributed by atoms with E-state index in [2.05, 4.69) is 5.32 Å². The van der Waals surface area contributed by atoms with Crippen LogP contribution in [0.5, 0.6) is 0 Å². The van der Waals surface area contributed by atoms with Crippen LogP contribution < -0.4 is 5.32 Å². The molecule has 0 aromatic heterocycles. The van der Waals surface area contributed by atoms with Crippen molar-refractivity contribution in [3.8, 4) is 0 Å². The fourth-order valence-electron chi connectivity index (χ4n) is 3.56. The number of amides is 1. The molecule has 190 valence electrons. The van der Waals surface area contributed by atoms with E-state index >= 15 is 0 Å². The second-order valence-electron chi connectivity index (χ2n) is 8.59. The van der Waals surface area contributed by atoms with Crippen molar-refractivity contribution in [2.75, 3.05) is 0 Å². The zero-order chi connectivity index (χ0) is 26.3. The second kappa shape index (κ2) is 12.7. The van der Waals surface area contributed by atoms with E-state index in [0.717, 1.165) is 5.56 Å². The number of ketones is 2. The van der Waals surface area contributed by atoms with Crippen LogP contribution in [0.1, 0.15) is 37.8 Å². The van der Waals surface area contributed by atoms with E-state index in [4.69, 9.17) is 34.8 Å². The SMILES string of the molecule is CC(C)[C@H](CC(=O)[C@H](Cc1cccc(Cl)c1)NC(=O)CCc1ccc(Cl)c(Cl)c1)C(=O)C(F)(F)F. The summed E-state index contributed by atoms with van der Waals surface area (Å²) in [4.78, 5) is 37.6. The molecular weight excluding hydrogens is 526 g/mol. The molecule has 2 aromatic rings. The van der Waals surface area contributed by atoms with Crippen molar-refractivity contribution in [1.29, 1.82) is 0 Å². The number of alkyl halides is 3. The first-order valence-corrected chi connectivity index (χ1v) is 12.0. The summed E-state index contributed by atoms with van der Waals surface area (Å²) in [5.74, 6) is -5.35. The number of halogens is 6. The van der Waals surface area contributed by atoms with E-state index in [1.165, 1.54) is 13.8 Å². The van der Waals surface area contributed by atoms with E-state index in [0.29, 0.717) is 27.1 Å². The molecule has 0 fully saturated rings. The summed E-state index contributed by atoms with van der Waals surface area (Å²) in [6.45, 7) is 2.90. The van der Waals surface area contributed by atoms with Crippen LogP contribution in [-0.2, 0) is 27.2 Å². The van der Waals surface area contributed by atoms with Gasteiger partial charge in [0.05, 0.1) is 16.1 Å². The van der Waals surface area contributed by atoms with E-state index in [1.54, 1.807) is 42.5 Å². The van der Waals surface area contributed by atoms with Gasteiger partial charge in [-0.05, 0) is 54.2 Å². The van der Waals surface area contributed by atoms with Gasteiger partial charge >= 0.3 is 6.18 Å². The van der Waals surface area contributed by atoms with Crippen LogP contribution in [0.3, 0.4) is 0 Å². The van der Waals surface area contributed by atoms with Crippen molar-refractivity contribution in [2.24, 2.45) is 11.8 Å². The Bertz CT molecular complexity index is 1070. The molecule has 0 heterocycles. The number of carbonyl (C=O) groups excluding carboxylic acids is 3. The molecule has 2 rings (SSSR count). The minimum absolute atomic E-state index is 0.00633. The van der Waals surface area contributed by atoms with Gasteiger partial charge in [0.1, 0.15) is 0 Å². The molecule has 0 saturated heterocycles. The van der Waals surface area contributed by atoms with Crippen molar-refractivity contribution >= 4 is 52.3 Å². The number of benzene rings is 2. The Morgan fingerprint density at radius 1 is 0.943 bits per heavy atom. The molecule has 10 heteroatoms. The molecular formula is C25H25Cl3F3NO3. The summed E-state index contributed by atoms with van der Waals surface area (Å²) in [5, 5.41) is 3.74. The molecule has 0 unspecified atom stereocenters. The highest BCUT2D eigenvalue weighted by Crippen LogP contribution is 2.29. The van der Waals surface area contributed by atoms with E-state index in [9.17, 15) is 27.6 Å². The lowest BCUT2D eigenvalue weighted by molar-refractivity contribution is -0.177. The van der Waals surface area contributed by atoms with Gasteiger partial charge in [-0.3, -0.25) is 14.4 Å². The van der Waals surface area contributed by atoms with Gasteiger partial charge in [-0.25, -0.2) is 0 Å². The average Bonchev–Trinajstić information content (AvgIpc) is 2.76. The number of hydrogen-bond acceptors (Lipinski definition) is 3. The van der Waals surface area contributed by atoms with Crippen LogP contribution in [0.2, 0.25) is 15.1 Å².